The Morgan fingerprint density at radius 3 is 2.91 bits per heavy atom. The predicted molar refractivity (Wildman–Crippen MR) is 45.7 cm³/mol. The van der Waals surface area contributed by atoms with Crippen molar-refractivity contribution in [2.75, 3.05) is 6.54 Å². The minimum absolute atomic E-state index is 0.0193. The largest absolute Gasteiger partial charge is 0.355 e. The first-order valence-corrected chi connectivity index (χ1v) is 4.39. The average Bonchev–Trinajstić information content (AvgIpc) is 2.03. The second-order valence-electron chi connectivity index (χ2n) is 3.75. The standard InChI is InChI=1S/C8H14ClNO/c1-8(2)4-3-5-10-7(11)6(8)9/h6H,3-5H2,1-2H3,(H,10,11). The van der Waals surface area contributed by atoms with E-state index >= 15 is 0 Å². The Morgan fingerprint density at radius 1 is 1.64 bits per heavy atom. The van der Waals surface area contributed by atoms with Crippen LogP contribution < -0.4 is 5.32 Å². The zero-order chi connectivity index (χ0) is 8.48. The van der Waals surface area contributed by atoms with Crippen molar-refractivity contribution in [3.05, 3.63) is 0 Å². The summed E-state index contributed by atoms with van der Waals surface area (Å²) in [5.41, 5.74) is -0.0534. The van der Waals surface area contributed by atoms with Crippen molar-refractivity contribution in [1.82, 2.24) is 5.32 Å². The zero-order valence-corrected chi connectivity index (χ0v) is 7.74. The third-order valence-electron chi connectivity index (χ3n) is 2.21. The molecule has 1 fully saturated rings. The average molecular weight is 176 g/mol. The summed E-state index contributed by atoms with van der Waals surface area (Å²) >= 11 is 5.95. The third-order valence-corrected chi connectivity index (χ3v) is 3.00. The van der Waals surface area contributed by atoms with Crippen LogP contribution in [0.4, 0.5) is 0 Å². The van der Waals surface area contributed by atoms with E-state index < -0.39 is 0 Å². The highest BCUT2D eigenvalue weighted by Crippen LogP contribution is 2.32. The molecule has 1 aliphatic heterocycles. The van der Waals surface area contributed by atoms with Gasteiger partial charge in [0, 0.05) is 6.54 Å². The summed E-state index contributed by atoms with van der Waals surface area (Å²) in [5, 5.41) is 2.41. The van der Waals surface area contributed by atoms with Crippen LogP contribution in [-0.4, -0.2) is 17.8 Å². The van der Waals surface area contributed by atoms with Gasteiger partial charge in [0.25, 0.3) is 0 Å². The van der Waals surface area contributed by atoms with Gasteiger partial charge < -0.3 is 5.32 Å². The monoisotopic (exact) mass is 175 g/mol. The molecule has 11 heavy (non-hydrogen) atoms. The van der Waals surface area contributed by atoms with E-state index in [0.717, 1.165) is 19.4 Å². The molecule has 1 aliphatic rings. The fraction of sp³-hybridized carbons (Fsp3) is 0.875. The van der Waals surface area contributed by atoms with E-state index in [1.54, 1.807) is 0 Å². The number of alkyl halides is 1. The van der Waals surface area contributed by atoms with Gasteiger partial charge in [-0.3, -0.25) is 4.79 Å². The van der Waals surface area contributed by atoms with Crippen LogP contribution in [0.5, 0.6) is 0 Å². The van der Waals surface area contributed by atoms with Crippen LogP contribution >= 0.6 is 11.6 Å². The first-order valence-electron chi connectivity index (χ1n) is 3.96. The zero-order valence-electron chi connectivity index (χ0n) is 6.98. The molecule has 0 radical (unpaired) electrons. The van der Waals surface area contributed by atoms with E-state index in [1.165, 1.54) is 0 Å². The Hall–Kier alpha value is -0.240. The van der Waals surface area contributed by atoms with E-state index in [1.807, 2.05) is 13.8 Å². The lowest BCUT2D eigenvalue weighted by atomic mass is 9.85. The smallest absolute Gasteiger partial charge is 0.238 e. The summed E-state index contributed by atoms with van der Waals surface area (Å²) in [7, 11) is 0. The molecular formula is C8H14ClNO. The Balaban J connectivity index is 2.73. The van der Waals surface area contributed by atoms with Crippen LogP contribution in [0, 0.1) is 5.41 Å². The molecule has 0 bridgehead atoms. The predicted octanol–water partition coefficient (Wildman–Crippen LogP) is 1.53. The maximum atomic E-state index is 11.2. The number of amides is 1. The van der Waals surface area contributed by atoms with E-state index in [0.29, 0.717) is 0 Å². The molecule has 1 unspecified atom stereocenters. The van der Waals surface area contributed by atoms with Crippen molar-refractivity contribution in [3.63, 3.8) is 0 Å². The lowest BCUT2D eigenvalue weighted by molar-refractivity contribution is -0.121. The van der Waals surface area contributed by atoms with Crippen LogP contribution in [-0.2, 0) is 4.79 Å². The molecule has 1 N–H and O–H groups in total. The Kier molecular flexibility index (Phi) is 2.43. The molecule has 0 aliphatic carbocycles. The summed E-state index contributed by atoms with van der Waals surface area (Å²) in [6.07, 6.45) is 2.04. The van der Waals surface area contributed by atoms with Crippen LogP contribution in [0.3, 0.4) is 0 Å². The molecule has 0 spiro atoms. The number of nitrogens with one attached hydrogen (secondary N) is 1. The van der Waals surface area contributed by atoms with Crippen molar-refractivity contribution in [3.8, 4) is 0 Å². The van der Waals surface area contributed by atoms with Crippen LogP contribution in [0.2, 0.25) is 0 Å². The molecule has 1 saturated heterocycles. The molecule has 0 aromatic rings. The van der Waals surface area contributed by atoms with E-state index in [2.05, 4.69) is 5.32 Å². The molecular weight excluding hydrogens is 162 g/mol. The number of hydrogen-bond donors (Lipinski definition) is 1. The lowest BCUT2D eigenvalue weighted by Crippen LogP contribution is -2.36. The van der Waals surface area contributed by atoms with Gasteiger partial charge in [-0.25, -0.2) is 0 Å². The first-order chi connectivity index (χ1) is 5.04. The normalized spacial score (nSPS) is 30.8. The summed E-state index contributed by atoms with van der Waals surface area (Å²) in [6, 6.07) is 0. The second-order valence-corrected chi connectivity index (χ2v) is 4.18. The van der Waals surface area contributed by atoms with Gasteiger partial charge in [0.2, 0.25) is 5.91 Å². The number of rotatable bonds is 0. The molecule has 0 aromatic heterocycles. The number of halogens is 1. The SMILES string of the molecule is CC1(C)CCCNC(=O)C1Cl. The van der Waals surface area contributed by atoms with Crippen molar-refractivity contribution in [2.24, 2.45) is 5.41 Å². The Morgan fingerprint density at radius 2 is 2.27 bits per heavy atom. The van der Waals surface area contributed by atoms with Crippen LogP contribution in [0.1, 0.15) is 26.7 Å². The van der Waals surface area contributed by atoms with E-state index in [9.17, 15) is 4.79 Å². The minimum Gasteiger partial charge on any atom is -0.355 e. The van der Waals surface area contributed by atoms with Gasteiger partial charge in [-0.15, -0.1) is 11.6 Å². The Bertz CT molecular complexity index is 167. The van der Waals surface area contributed by atoms with Gasteiger partial charge in [-0.05, 0) is 18.3 Å². The van der Waals surface area contributed by atoms with Gasteiger partial charge in [0.05, 0.1) is 0 Å². The van der Waals surface area contributed by atoms with Gasteiger partial charge >= 0.3 is 0 Å². The number of hydrogen-bond acceptors (Lipinski definition) is 1. The third kappa shape index (κ3) is 1.86. The van der Waals surface area contributed by atoms with Crippen molar-refractivity contribution >= 4 is 17.5 Å². The molecule has 1 atom stereocenters. The highest BCUT2D eigenvalue weighted by molar-refractivity contribution is 6.31. The van der Waals surface area contributed by atoms with Crippen molar-refractivity contribution < 1.29 is 4.79 Å². The first kappa shape index (κ1) is 8.85. The summed E-state index contributed by atoms with van der Waals surface area (Å²) in [4.78, 5) is 11.2. The molecule has 1 rings (SSSR count). The van der Waals surface area contributed by atoms with Crippen molar-refractivity contribution in [2.45, 2.75) is 32.1 Å². The van der Waals surface area contributed by atoms with Crippen molar-refractivity contribution in [1.29, 1.82) is 0 Å². The molecule has 1 heterocycles. The van der Waals surface area contributed by atoms with Gasteiger partial charge in [-0.2, -0.15) is 0 Å². The van der Waals surface area contributed by atoms with Gasteiger partial charge in [0.1, 0.15) is 5.38 Å². The summed E-state index contributed by atoms with van der Waals surface area (Å²) in [6.45, 7) is 4.84. The maximum Gasteiger partial charge on any atom is 0.238 e. The summed E-state index contributed by atoms with van der Waals surface area (Å²) in [5.74, 6) is -0.0193. The highest BCUT2D eigenvalue weighted by Gasteiger charge is 2.34. The second kappa shape index (κ2) is 3.02. The molecule has 64 valence electrons. The fourth-order valence-corrected chi connectivity index (χ4v) is 1.51. The molecule has 3 heteroatoms. The fourth-order valence-electron chi connectivity index (χ4n) is 1.33. The number of carbonyl (C=O) groups excluding carboxylic acids is 1. The van der Waals surface area contributed by atoms with E-state index in [4.69, 9.17) is 11.6 Å². The molecule has 1 amide bonds. The molecule has 0 saturated carbocycles. The Labute approximate surface area is 72.3 Å². The number of carbonyl (C=O) groups is 1. The molecule has 0 aromatic carbocycles. The lowest BCUT2D eigenvalue weighted by Gasteiger charge is -2.25. The maximum absolute atomic E-state index is 11.2. The van der Waals surface area contributed by atoms with E-state index in [-0.39, 0.29) is 16.7 Å². The topological polar surface area (TPSA) is 29.1 Å². The summed E-state index contributed by atoms with van der Waals surface area (Å²) < 4.78 is 0. The molecule has 2 nitrogen and oxygen atoms in total. The van der Waals surface area contributed by atoms with Gasteiger partial charge in [-0.1, -0.05) is 13.8 Å². The van der Waals surface area contributed by atoms with Crippen LogP contribution in [0.25, 0.3) is 0 Å². The van der Waals surface area contributed by atoms with Crippen LogP contribution in [0.15, 0.2) is 0 Å². The highest BCUT2D eigenvalue weighted by atomic mass is 35.5. The quantitative estimate of drug-likeness (QED) is 0.556. The van der Waals surface area contributed by atoms with Gasteiger partial charge in [0.15, 0.2) is 0 Å². The minimum atomic E-state index is -0.370.